The Hall–Kier alpha value is -0.840. The molecule has 0 aliphatic rings. The van der Waals surface area contributed by atoms with Gasteiger partial charge < -0.3 is 104 Å². The molecule has 326 valence electrons. The highest BCUT2D eigenvalue weighted by molar-refractivity contribution is 4.79. The second kappa shape index (κ2) is 34.2. The van der Waals surface area contributed by atoms with Crippen LogP contribution in [0.25, 0.3) is 0 Å². The molecule has 9 atom stereocenters. The number of rotatable bonds is 40. The molecule has 0 aliphatic carbocycles. The Morgan fingerprint density at radius 1 is 0.333 bits per heavy atom. The van der Waals surface area contributed by atoms with Gasteiger partial charge in [-0.25, -0.2) is 0 Å². The number of aliphatic hydroxyl groups is 12. The van der Waals surface area contributed by atoms with E-state index in [9.17, 15) is 46.0 Å². The van der Waals surface area contributed by atoms with Crippen LogP contribution in [0.15, 0.2) is 0 Å². The SMILES string of the molecule is CCC(COCC(COCC(O)CO)OCC(O)CO)(COCC(COCC(O)CO)OCC(O)CO)COCC(COCC(O)CO)OCC(O)CO. The van der Waals surface area contributed by atoms with Crippen molar-refractivity contribution in [3.05, 3.63) is 0 Å². The van der Waals surface area contributed by atoms with Crippen molar-refractivity contribution >= 4 is 0 Å². The first-order valence-electron chi connectivity index (χ1n) is 18.0. The molecule has 0 spiro atoms. The van der Waals surface area contributed by atoms with Gasteiger partial charge in [-0.1, -0.05) is 6.92 Å². The monoisotopic (exact) mass is 800 g/mol. The standard InChI is InChI=1S/C33H68O21/c1-2-33(21-49-18-30(52-12-27(43)6-37)15-46-9-24(40)3-34,22-50-19-31(53-13-28(44)7-38)16-47-10-25(41)4-35)23-51-20-32(54-14-29(45)8-39)17-48-11-26(42)5-36/h24-32,34-45H,2-23H2,1H3. The van der Waals surface area contributed by atoms with E-state index in [1.807, 2.05) is 6.92 Å². The average Bonchev–Trinajstić information content (AvgIpc) is 3.18. The Balaban J connectivity index is 5.88. The predicted octanol–water partition coefficient (Wildman–Crippen LogP) is -6.24. The fourth-order valence-electron chi connectivity index (χ4n) is 4.15. The van der Waals surface area contributed by atoms with Crippen LogP contribution < -0.4 is 0 Å². The molecule has 54 heavy (non-hydrogen) atoms. The summed E-state index contributed by atoms with van der Waals surface area (Å²) in [5.74, 6) is 0. The average molecular weight is 801 g/mol. The lowest BCUT2D eigenvalue weighted by Gasteiger charge is -2.34. The minimum Gasteiger partial charge on any atom is -0.394 e. The summed E-state index contributed by atoms with van der Waals surface area (Å²) in [5, 5.41) is 113. The smallest absolute Gasteiger partial charge is 0.104 e. The highest BCUT2D eigenvalue weighted by atomic mass is 16.6. The van der Waals surface area contributed by atoms with Gasteiger partial charge in [-0.2, -0.15) is 0 Å². The number of hydrogen-bond donors (Lipinski definition) is 12. The molecule has 0 bridgehead atoms. The summed E-state index contributed by atoms with van der Waals surface area (Å²) in [4.78, 5) is 0. The maximum atomic E-state index is 9.79. The Morgan fingerprint density at radius 2 is 0.556 bits per heavy atom. The van der Waals surface area contributed by atoms with Gasteiger partial charge >= 0.3 is 0 Å². The van der Waals surface area contributed by atoms with Gasteiger partial charge in [-0.15, -0.1) is 0 Å². The van der Waals surface area contributed by atoms with Crippen molar-refractivity contribution in [2.24, 2.45) is 5.41 Å². The zero-order valence-electron chi connectivity index (χ0n) is 31.3. The van der Waals surface area contributed by atoms with Gasteiger partial charge in [0.05, 0.1) is 139 Å². The van der Waals surface area contributed by atoms with Gasteiger partial charge in [0.25, 0.3) is 0 Å². The molecule has 0 radical (unpaired) electrons. The van der Waals surface area contributed by atoms with Crippen molar-refractivity contribution in [1.82, 2.24) is 0 Å². The van der Waals surface area contributed by atoms with Crippen molar-refractivity contribution in [3.8, 4) is 0 Å². The highest BCUT2D eigenvalue weighted by Gasteiger charge is 2.32. The Kier molecular flexibility index (Phi) is 33.7. The maximum absolute atomic E-state index is 9.79. The minimum atomic E-state index is -1.17. The van der Waals surface area contributed by atoms with E-state index in [1.165, 1.54) is 0 Å². The molecule has 0 saturated heterocycles. The highest BCUT2D eigenvalue weighted by Crippen LogP contribution is 2.25. The fraction of sp³-hybridized carbons (Fsp3) is 1.00. The molecule has 0 fully saturated rings. The maximum Gasteiger partial charge on any atom is 0.104 e. The predicted molar refractivity (Wildman–Crippen MR) is 185 cm³/mol. The zero-order valence-corrected chi connectivity index (χ0v) is 31.3. The van der Waals surface area contributed by atoms with E-state index in [2.05, 4.69) is 0 Å². The van der Waals surface area contributed by atoms with Gasteiger partial charge in [0.15, 0.2) is 0 Å². The van der Waals surface area contributed by atoms with Crippen molar-refractivity contribution < 1.29 is 104 Å². The van der Waals surface area contributed by atoms with E-state index in [4.69, 9.17) is 58.0 Å². The number of ether oxygens (including phenoxy) is 9. The van der Waals surface area contributed by atoms with Crippen LogP contribution in [0.2, 0.25) is 0 Å². The minimum absolute atomic E-state index is 0.00701. The molecule has 12 N–H and O–H groups in total. The molecular formula is C33H68O21. The topological polar surface area (TPSA) is 326 Å². The van der Waals surface area contributed by atoms with Crippen LogP contribution in [0.3, 0.4) is 0 Å². The normalized spacial score (nSPS) is 18.4. The van der Waals surface area contributed by atoms with E-state index in [0.717, 1.165) is 0 Å². The van der Waals surface area contributed by atoms with Gasteiger partial charge in [-0.3, -0.25) is 0 Å². The summed E-state index contributed by atoms with van der Waals surface area (Å²) in [5.41, 5.74) is -0.866. The lowest BCUT2D eigenvalue weighted by molar-refractivity contribution is -0.141. The first-order chi connectivity index (χ1) is 25.9. The quantitative estimate of drug-likeness (QED) is 0.0274. The molecule has 21 nitrogen and oxygen atoms in total. The lowest BCUT2D eigenvalue weighted by atomic mass is 9.88. The van der Waals surface area contributed by atoms with Crippen molar-refractivity contribution in [2.75, 3.05) is 139 Å². The fourth-order valence-corrected chi connectivity index (χ4v) is 4.15. The van der Waals surface area contributed by atoms with Crippen molar-refractivity contribution in [3.63, 3.8) is 0 Å². The third-order valence-corrected chi connectivity index (χ3v) is 7.57. The van der Waals surface area contributed by atoms with Gasteiger partial charge in [-0.05, 0) is 6.42 Å². The molecule has 0 aromatic carbocycles. The van der Waals surface area contributed by atoms with Crippen LogP contribution in [0.5, 0.6) is 0 Å². The lowest BCUT2D eigenvalue weighted by Crippen LogP contribution is -2.41. The van der Waals surface area contributed by atoms with Crippen LogP contribution in [0.4, 0.5) is 0 Å². The van der Waals surface area contributed by atoms with Gasteiger partial charge in [0, 0.05) is 5.41 Å². The molecule has 0 heterocycles. The van der Waals surface area contributed by atoms with E-state index in [-0.39, 0.29) is 99.1 Å². The molecule has 0 aromatic rings. The first kappa shape index (κ1) is 53.2. The van der Waals surface area contributed by atoms with E-state index in [1.54, 1.807) is 0 Å². The molecule has 0 saturated carbocycles. The summed E-state index contributed by atoms with van der Waals surface area (Å²) in [6, 6.07) is 0. The Morgan fingerprint density at radius 3 is 0.778 bits per heavy atom. The number of aliphatic hydroxyl groups excluding tert-OH is 12. The van der Waals surface area contributed by atoms with Gasteiger partial charge in [0.2, 0.25) is 0 Å². The molecular weight excluding hydrogens is 732 g/mol. The van der Waals surface area contributed by atoms with E-state index in [0.29, 0.717) is 6.42 Å². The van der Waals surface area contributed by atoms with Crippen LogP contribution in [0, 0.1) is 5.41 Å². The van der Waals surface area contributed by atoms with Crippen molar-refractivity contribution in [1.29, 1.82) is 0 Å². The van der Waals surface area contributed by atoms with Crippen LogP contribution in [0.1, 0.15) is 13.3 Å². The van der Waals surface area contributed by atoms with Gasteiger partial charge in [0.1, 0.15) is 54.9 Å². The van der Waals surface area contributed by atoms with Crippen LogP contribution in [-0.4, -0.2) is 255 Å². The molecule has 0 amide bonds. The summed E-state index contributed by atoms with van der Waals surface area (Å²) < 4.78 is 51.4. The van der Waals surface area contributed by atoms with Crippen LogP contribution in [-0.2, 0) is 42.6 Å². The first-order valence-corrected chi connectivity index (χ1v) is 18.0. The summed E-state index contributed by atoms with van der Waals surface area (Å²) >= 11 is 0. The third-order valence-electron chi connectivity index (χ3n) is 7.57. The van der Waals surface area contributed by atoms with Crippen LogP contribution >= 0.6 is 0 Å². The van der Waals surface area contributed by atoms with E-state index < -0.39 is 100.0 Å². The van der Waals surface area contributed by atoms with E-state index >= 15 is 0 Å². The molecule has 0 rings (SSSR count). The molecule has 21 heteroatoms. The molecule has 0 aromatic heterocycles. The zero-order chi connectivity index (χ0) is 40.6. The second-order valence-electron chi connectivity index (χ2n) is 12.9. The third kappa shape index (κ3) is 27.7. The summed E-state index contributed by atoms with van der Waals surface area (Å²) in [7, 11) is 0. The Bertz CT molecular complexity index is 720. The summed E-state index contributed by atoms with van der Waals surface area (Å²) in [6.07, 6.45) is -8.73. The largest absolute Gasteiger partial charge is 0.394 e. The second-order valence-corrected chi connectivity index (χ2v) is 12.9. The molecule has 0 aliphatic heterocycles. The molecule has 9 unspecified atom stereocenters. The Labute approximate surface area is 316 Å². The summed E-state index contributed by atoms with van der Waals surface area (Å²) in [6.45, 7) is -3.09. The van der Waals surface area contributed by atoms with Crippen molar-refractivity contribution in [2.45, 2.75) is 68.3 Å². The number of hydrogen-bond acceptors (Lipinski definition) is 21.